The van der Waals surface area contributed by atoms with E-state index in [-0.39, 0.29) is 35.5 Å². The lowest BCUT2D eigenvalue weighted by Gasteiger charge is -2.47. The zero-order chi connectivity index (χ0) is 32.9. The second kappa shape index (κ2) is 12.9. The number of carbonyl (C=O) groups excluding carboxylic acids is 3. The number of ether oxygens (including phenoxy) is 1. The molecule has 0 bridgehead atoms. The topological polar surface area (TPSA) is 87.7 Å². The van der Waals surface area contributed by atoms with Gasteiger partial charge in [0, 0.05) is 50.9 Å². The van der Waals surface area contributed by atoms with E-state index in [1.165, 1.54) is 24.0 Å². The van der Waals surface area contributed by atoms with Crippen LogP contribution in [0, 0.1) is 35.0 Å². The van der Waals surface area contributed by atoms with Gasteiger partial charge in [-0.05, 0) is 92.1 Å². The molecule has 2 saturated carbocycles. The van der Waals surface area contributed by atoms with Gasteiger partial charge in [0.05, 0.1) is 18.2 Å². The van der Waals surface area contributed by atoms with Gasteiger partial charge in [-0.3, -0.25) is 19.3 Å². The first kappa shape index (κ1) is 32.8. The van der Waals surface area contributed by atoms with Crippen LogP contribution < -0.4 is 10.6 Å². The summed E-state index contributed by atoms with van der Waals surface area (Å²) in [5.74, 6) is 3.11. The molecule has 1 aromatic carbocycles. The molecule has 0 radical (unpaired) electrons. The van der Waals surface area contributed by atoms with Crippen LogP contribution in [0.5, 0.6) is 0 Å². The minimum atomic E-state index is -0.204. The van der Waals surface area contributed by atoms with Gasteiger partial charge >= 0.3 is 0 Å². The number of Topliss-reactive ketones (excluding diaryl/α,β-unsaturated/α-hetero) is 1. The van der Waals surface area contributed by atoms with E-state index in [2.05, 4.69) is 49.3 Å². The number of benzene rings is 1. The van der Waals surface area contributed by atoms with Gasteiger partial charge in [-0.2, -0.15) is 0 Å². The van der Waals surface area contributed by atoms with E-state index < -0.39 is 0 Å². The molecule has 2 N–H and O–H groups in total. The van der Waals surface area contributed by atoms with Crippen LogP contribution >= 0.6 is 0 Å². The predicted molar refractivity (Wildman–Crippen MR) is 183 cm³/mol. The summed E-state index contributed by atoms with van der Waals surface area (Å²) in [5.41, 5.74) is 5.72. The number of hydrogen-bond donors (Lipinski definition) is 2. The lowest BCUT2D eigenvalue weighted by Crippen LogP contribution is -2.54. The van der Waals surface area contributed by atoms with Crippen LogP contribution in [0.1, 0.15) is 91.0 Å². The lowest BCUT2D eigenvalue weighted by atomic mass is 9.57. The Morgan fingerprint density at radius 2 is 1.89 bits per heavy atom. The summed E-state index contributed by atoms with van der Waals surface area (Å²) in [6.07, 6.45) is 11.8. The van der Waals surface area contributed by atoms with E-state index >= 15 is 0 Å². The van der Waals surface area contributed by atoms with E-state index in [0.29, 0.717) is 67.2 Å². The van der Waals surface area contributed by atoms with Gasteiger partial charge in [-0.1, -0.05) is 68.3 Å². The summed E-state index contributed by atoms with van der Waals surface area (Å²) in [6, 6.07) is 10.3. The Hall–Kier alpha value is -2.77. The van der Waals surface area contributed by atoms with E-state index in [4.69, 9.17) is 4.74 Å². The molecular weight excluding hydrogens is 586 g/mol. The number of aryl methyl sites for hydroxylation is 1. The SMILES string of the molecule is CC1=C2C[C@H]3[C@@H](CC=C4CC(=O)CC[C@@]43C)[C@@H]2CC[C@]12O[C@@H]1C[C@H](C)CN(CCNC(=O)CNC(=O)CCc3ccccc3)[C@H]1[C@H]2C. The largest absolute Gasteiger partial charge is 0.365 e. The molecule has 2 heterocycles. The molecule has 7 nitrogen and oxygen atoms in total. The number of ketones is 1. The molecule has 1 aromatic rings. The van der Waals surface area contributed by atoms with Crippen molar-refractivity contribution in [2.24, 2.45) is 35.0 Å². The first-order valence-electron chi connectivity index (χ1n) is 18.5. The quantitative estimate of drug-likeness (QED) is 0.351. The smallest absolute Gasteiger partial charge is 0.239 e. The normalized spacial score (nSPS) is 37.9. The summed E-state index contributed by atoms with van der Waals surface area (Å²) in [4.78, 5) is 39.9. The van der Waals surface area contributed by atoms with Crippen LogP contribution in [0.3, 0.4) is 0 Å². The Kier molecular flexibility index (Phi) is 9.01. The molecule has 2 amide bonds. The van der Waals surface area contributed by atoms with Crippen molar-refractivity contribution in [2.75, 3.05) is 26.2 Å². The highest BCUT2D eigenvalue weighted by Crippen LogP contribution is 2.65. The molecule has 6 aliphatic rings. The molecule has 254 valence electrons. The molecule has 4 aliphatic carbocycles. The fourth-order valence-electron chi connectivity index (χ4n) is 11.1. The van der Waals surface area contributed by atoms with Crippen molar-refractivity contribution in [1.82, 2.24) is 15.5 Å². The fraction of sp³-hybridized carbons (Fsp3) is 0.675. The molecule has 0 aromatic heterocycles. The number of likely N-dealkylation sites (tertiary alicyclic amines) is 1. The number of hydrogen-bond acceptors (Lipinski definition) is 5. The third kappa shape index (κ3) is 5.94. The number of carbonyl (C=O) groups is 3. The predicted octanol–water partition coefficient (Wildman–Crippen LogP) is 5.79. The molecule has 1 spiro atoms. The van der Waals surface area contributed by atoms with Gasteiger partial charge in [0.2, 0.25) is 11.8 Å². The van der Waals surface area contributed by atoms with Crippen LogP contribution in [0.25, 0.3) is 0 Å². The summed E-state index contributed by atoms with van der Waals surface area (Å²) in [5, 5.41) is 5.85. The third-order valence-corrected chi connectivity index (χ3v) is 13.6. The monoisotopic (exact) mass is 641 g/mol. The van der Waals surface area contributed by atoms with Gasteiger partial charge in [-0.15, -0.1) is 0 Å². The summed E-state index contributed by atoms with van der Waals surface area (Å²) in [6.45, 7) is 12.0. The molecule has 47 heavy (non-hydrogen) atoms. The van der Waals surface area contributed by atoms with Crippen molar-refractivity contribution in [3.05, 3.63) is 58.7 Å². The van der Waals surface area contributed by atoms with Gasteiger partial charge in [0.1, 0.15) is 5.78 Å². The second-order valence-corrected chi connectivity index (χ2v) is 16.1. The minimum absolute atomic E-state index is 0.0149. The van der Waals surface area contributed by atoms with Crippen molar-refractivity contribution < 1.29 is 19.1 Å². The van der Waals surface area contributed by atoms with Crippen LogP contribution in [0.15, 0.2) is 53.1 Å². The van der Waals surface area contributed by atoms with Crippen molar-refractivity contribution in [3.8, 4) is 0 Å². The Morgan fingerprint density at radius 1 is 1.09 bits per heavy atom. The maximum atomic E-state index is 12.6. The van der Waals surface area contributed by atoms with Crippen LogP contribution in [-0.4, -0.2) is 66.4 Å². The number of nitrogens with zero attached hydrogens (tertiary/aromatic N) is 1. The highest BCUT2D eigenvalue weighted by molar-refractivity contribution is 5.84. The molecule has 2 saturated heterocycles. The maximum Gasteiger partial charge on any atom is 0.239 e. The standard InChI is InChI=1S/C40H55N3O4/c1-25-20-35-38(43(24-25)19-18-41-37(46)23-42-36(45)13-10-28-8-6-5-7-9-28)27(3)40(47-35)17-15-31-32-12-11-29-21-30(44)14-16-39(29,4)34(32)22-33(31)26(40)2/h5-9,11,25,27,31-32,34-35,38H,10,12-24H2,1-4H3,(H,41,46)(H,42,45)/t25-,27+,31-,32-,34-,35+,38-,39-,40-/m0/s1. The molecule has 0 unspecified atom stereocenters. The van der Waals surface area contributed by atoms with E-state index in [9.17, 15) is 14.4 Å². The molecule has 7 heteroatoms. The summed E-state index contributed by atoms with van der Waals surface area (Å²) < 4.78 is 7.28. The first-order valence-corrected chi connectivity index (χ1v) is 18.5. The number of amides is 2. The minimum Gasteiger partial charge on any atom is -0.365 e. The number of nitrogens with one attached hydrogen (secondary N) is 2. The molecular formula is C40H55N3O4. The van der Waals surface area contributed by atoms with E-state index in [1.54, 1.807) is 5.57 Å². The second-order valence-electron chi connectivity index (χ2n) is 16.1. The van der Waals surface area contributed by atoms with Gasteiger partial charge in [0.15, 0.2) is 0 Å². The zero-order valence-electron chi connectivity index (χ0n) is 29.0. The highest BCUT2D eigenvalue weighted by Gasteiger charge is 2.61. The molecule has 7 rings (SSSR count). The number of rotatable bonds is 8. The Labute approximate surface area is 281 Å². The van der Waals surface area contributed by atoms with Crippen molar-refractivity contribution >= 4 is 17.6 Å². The van der Waals surface area contributed by atoms with Crippen molar-refractivity contribution in [2.45, 2.75) is 110 Å². The average Bonchev–Trinajstić information content (AvgIpc) is 3.58. The summed E-state index contributed by atoms with van der Waals surface area (Å²) >= 11 is 0. The van der Waals surface area contributed by atoms with Crippen LogP contribution in [0.4, 0.5) is 0 Å². The first-order chi connectivity index (χ1) is 22.6. The Bertz CT molecular complexity index is 1450. The van der Waals surface area contributed by atoms with Crippen molar-refractivity contribution in [1.29, 1.82) is 0 Å². The molecule has 2 aliphatic heterocycles. The number of fused-ring (bicyclic) bond motifs is 6. The fourth-order valence-corrected chi connectivity index (χ4v) is 11.1. The van der Waals surface area contributed by atoms with Gasteiger partial charge in [0.25, 0.3) is 0 Å². The Balaban J connectivity index is 0.973. The van der Waals surface area contributed by atoms with Crippen LogP contribution in [-0.2, 0) is 25.5 Å². The Morgan fingerprint density at radius 3 is 2.70 bits per heavy atom. The summed E-state index contributed by atoms with van der Waals surface area (Å²) in [7, 11) is 0. The number of piperidine rings is 1. The highest BCUT2D eigenvalue weighted by atomic mass is 16.5. The zero-order valence-corrected chi connectivity index (χ0v) is 29.0. The maximum absolute atomic E-state index is 12.6. The van der Waals surface area contributed by atoms with E-state index in [0.717, 1.165) is 50.8 Å². The van der Waals surface area contributed by atoms with Gasteiger partial charge in [-0.25, -0.2) is 0 Å². The van der Waals surface area contributed by atoms with Gasteiger partial charge < -0.3 is 15.4 Å². The van der Waals surface area contributed by atoms with Crippen LogP contribution in [0.2, 0.25) is 0 Å². The lowest BCUT2D eigenvalue weighted by molar-refractivity contribution is -0.126. The molecule has 9 atom stereocenters. The average molecular weight is 642 g/mol. The number of allylic oxidation sites excluding steroid dienone is 3. The molecule has 4 fully saturated rings. The van der Waals surface area contributed by atoms with Crippen molar-refractivity contribution in [3.63, 3.8) is 0 Å². The third-order valence-electron chi connectivity index (χ3n) is 13.6. The van der Waals surface area contributed by atoms with E-state index in [1.807, 2.05) is 30.3 Å².